The molecule has 10 nitrogen and oxygen atoms in total. The summed E-state index contributed by atoms with van der Waals surface area (Å²) in [5.74, 6) is 0. The first-order valence-corrected chi connectivity index (χ1v) is 10.2. The quantitative estimate of drug-likeness (QED) is 0.636. The Kier molecular flexibility index (Phi) is 4.48. The number of nitrogens with zero attached hydrogens (tertiary/aromatic N) is 4. The summed E-state index contributed by atoms with van der Waals surface area (Å²) in [7, 11) is -8.06. The first-order chi connectivity index (χ1) is 12.2. The van der Waals surface area contributed by atoms with E-state index < -0.39 is 20.0 Å². The summed E-state index contributed by atoms with van der Waals surface area (Å²) in [6.45, 7) is 1.70. The smallest absolute Gasteiger partial charge is 0.261 e. The molecule has 0 radical (unpaired) electrons. The van der Waals surface area contributed by atoms with Gasteiger partial charge in [-0.1, -0.05) is 12.1 Å². The highest BCUT2D eigenvalue weighted by Crippen LogP contribution is 2.25. The second-order valence-corrected chi connectivity index (χ2v) is 8.57. The minimum atomic E-state index is -4.04. The molecule has 0 saturated heterocycles. The van der Waals surface area contributed by atoms with E-state index in [1.807, 2.05) is 0 Å². The van der Waals surface area contributed by atoms with Gasteiger partial charge in [-0.2, -0.15) is 0 Å². The number of sulfonamides is 2. The van der Waals surface area contributed by atoms with Crippen LogP contribution in [0.5, 0.6) is 0 Å². The maximum atomic E-state index is 12.6. The van der Waals surface area contributed by atoms with Crippen LogP contribution in [0.3, 0.4) is 0 Å². The van der Waals surface area contributed by atoms with E-state index in [0.717, 1.165) is 6.07 Å². The van der Waals surface area contributed by atoms with Crippen LogP contribution in [0.2, 0.25) is 0 Å². The Balaban J connectivity index is 2.00. The van der Waals surface area contributed by atoms with Crippen LogP contribution >= 0.6 is 0 Å². The molecule has 0 aliphatic rings. The van der Waals surface area contributed by atoms with Gasteiger partial charge < -0.3 is 0 Å². The van der Waals surface area contributed by atoms with E-state index in [0.29, 0.717) is 16.9 Å². The topological polar surface area (TPSA) is 150 Å². The van der Waals surface area contributed by atoms with Gasteiger partial charge in [0.15, 0.2) is 0 Å². The summed E-state index contributed by atoms with van der Waals surface area (Å²) in [6, 6.07) is 9.74. The van der Waals surface area contributed by atoms with Crippen molar-refractivity contribution in [3.8, 4) is 5.69 Å². The number of nitrogens with one attached hydrogen (secondary N) is 1. The molecular weight excluding hydrogens is 380 g/mol. The molecule has 0 aliphatic heterocycles. The van der Waals surface area contributed by atoms with Crippen molar-refractivity contribution >= 4 is 25.7 Å². The highest BCUT2D eigenvalue weighted by atomic mass is 32.2. The molecule has 1 aromatic heterocycles. The lowest BCUT2D eigenvalue weighted by Gasteiger charge is -2.13. The number of tetrazole rings is 1. The molecule has 0 aliphatic carbocycles. The molecule has 0 bridgehead atoms. The van der Waals surface area contributed by atoms with Crippen LogP contribution in [0, 0.1) is 6.92 Å². The average Bonchev–Trinajstić information content (AvgIpc) is 3.10. The zero-order chi connectivity index (χ0) is 18.9. The Morgan fingerprint density at radius 3 is 2.38 bits per heavy atom. The van der Waals surface area contributed by atoms with Crippen LogP contribution in [0.25, 0.3) is 5.69 Å². The summed E-state index contributed by atoms with van der Waals surface area (Å²) in [5, 5.41) is 15.9. The predicted molar refractivity (Wildman–Crippen MR) is 92.5 cm³/mol. The lowest BCUT2D eigenvalue weighted by atomic mass is 10.1. The third-order valence-electron chi connectivity index (χ3n) is 3.59. The van der Waals surface area contributed by atoms with Gasteiger partial charge in [0.25, 0.3) is 10.0 Å². The zero-order valence-corrected chi connectivity index (χ0v) is 15.1. The van der Waals surface area contributed by atoms with Gasteiger partial charge in [0.05, 0.1) is 21.2 Å². The van der Waals surface area contributed by atoms with Gasteiger partial charge in [-0.05, 0) is 53.2 Å². The highest BCUT2D eigenvalue weighted by Gasteiger charge is 2.19. The van der Waals surface area contributed by atoms with Gasteiger partial charge in [0, 0.05) is 0 Å². The Bertz CT molecular complexity index is 1160. The molecule has 0 saturated carbocycles. The second kappa shape index (κ2) is 6.48. The Morgan fingerprint density at radius 1 is 1.04 bits per heavy atom. The fraction of sp³-hybridized carbons (Fsp3) is 0.0714. The lowest BCUT2D eigenvalue weighted by molar-refractivity contribution is 0.597. The van der Waals surface area contributed by atoms with Gasteiger partial charge >= 0.3 is 0 Å². The van der Waals surface area contributed by atoms with E-state index in [1.165, 1.54) is 29.2 Å². The number of hydrogen-bond acceptors (Lipinski definition) is 7. The molecule has 1 heterocycles. The van der Waals surface area contributed by atoms with Crippen molar-refractivity contribution in [2.24, 2.45) is 5.14 Å². The molecule has 3 aromatic rings. The van der Waals surface area contributed by atoms with E-state index in [9.17, 15) is 16.8 Å². The van der Waals surface area contributed by atoms with Crippen LogP contribution in [-0.4, -0.2) is 37.0 Å². The summed E-state index contributed by atoms with van der Waals surface area (Å²) in [4.78, 5) is -0.518. The van der Waals surface area contributed by atoms with E-state index in [4.69, 9.17) is 5.14 Å². The molecule has 26 heavy (non-hydrogen) atoms. The molecule has 0 unspecified atom stereocenters. The van der Waals surface area contributed by atoms with Crippen LogP contribution in [0.4, 0.5) is 5.69 Å². The summed E-state index contributed by atoms with van der Waals surface area (Å²) < 4.78 is 52.0. The van der Waals surface area contributed by atoms with Crippen LogP contribution in [0.1, 0.15) is 5.56 Å². The highest BCUT2D eigenvalue weighted by molar-refractivity contribution is 7.93. The summed E-state index contributed by atoms with van der Waals surface area (Å²) in [5.41, 5.74) is 1.48. The summed E-state index contributed by atoms with van der Waals surface area (Å²) >= 11 is 0. The molecule has 2 aromatic carbocycles. The van der Waals surface area contributed by atoms with Gasteiger partial charge in [-0.15, -0.1) is 5.10 Å². The van der Waals surface area contributed by atoms with E-state index in [2.05, 4.69) is 20.2 Å². The number of aromatic nitrogens is 4. The van der Waals surface area contributed by atoms with Gasteiger partial charge in [-0.3, -0.25) is 4.72 Å². The van der Waals surface area contributed by atoms with Crippen molar-refractivity contribution in [1.82, 2.24) is 20.2 Å². The maximum Gasteiger partial charge on any atom is 0.261 e. The molecule has 0 spiro atoms. The average molecular weight is 394 g/mol. The third kappa shape index (κ3) is 3.56. The van der Waals surface area contributed by atoms with Crippen molar-refractivity contribution in [2.75, 3.05) is 4.72 Å². The predicted octanol–water partition coefficient (Wildman–Crippen LogP) is 0.419. The standard InChI is InChI=1S/C14H14N6O4S2/c1-10-13(6-3-7-14(10)20-9-16-18-19-20)17-26(23,24)12-5-2-4-11(8-12)25(15,21)22/h2-9,17H,1H3,(H2,15,21,22). The second-order valence-electron chi connectivity index (χ2n) is 5.33. The van der Waals surface area contributed by atoms with Crippen molar-refractivity contribution < 1.29 is 16.8 Å². The Hall–Kier alpha value is -2.83. The van der Waals surface area contributed by atoms with Crippen molar-refractivity contribution in [1.29, 1.82) is 0 Å². The van der Waals surface area contributed by atoms with E-state index >= 15 is 0 Å². The number of nitrogens with two attached hydrogens (primary N) is 1. The first kappa shape index (κ1) is 18.0. The monoisotopic (exact) mass is 394 g/mol. The number of benzene rings is 2. The van der Waals surface area contributed by atoms with Gasteiger partial charge in [0.2, 0.25) is 10.0 Å². The van der Waals surface area contributed by atoms with Crippen LogP contribution < -0.4 is 9.86 Å². The first-order valence-electron chi connectivity index (χ1n) is 7.17. The molecule has 3 N–H and O–H groups in total. The fourth-order valence-electron chi connectivity index (χ4n) is 2.28. The van der Waals surface area contributed by atoms with Crippen LogP contribution in [-0.2, 0) is 20.0 Å². The van der Waals surface area contributed by atoms with E-state index in [1.54, 1.807) is 25.1 Å². The number of rotatable bonds is 5. The molecule has 0 amide bonds. The fourth-order valence-corrected chi connectivity index (χ4v) is 4.08. The van der Waals surface area contributed by atoms with E-state index in [-0.39, 0.29) is 9.79 Å². The number of primary sulfonamides is 1. The zero-order valence-electron chi connectivity index (χ0n) is 13.4. The number of hydrogen-bond donors (Lipinski definition) is 2. The van der Waals surface area contributed by atoms with Gasteiger partial charge in [0.1, 0.15) is 6.33 Å². The molecular formula is C14H14N6O4S2. The largest absolute Gasteiger partial charge is 0.279 e. The number of anilines is 1. The Morgan fingerprint density at radius 2 is 1.73 bits per heavy atom. The SMILES string of the molecule is Cc1c(NS(=O)(=O)c2cccc(S(N)(=O)=O)c2)cccc1-n1cnnn1. The van der Waals surface area contributed by atoms with Crippen molar-refractivity contribution in [3.63, 3.8) is 0 Å². The molecule has 12 heteroatoms. The minimum absolute atomic E-state index is 0.226. The molecule has 0 fully saturated rings. The van der Waals surface area contributed by atoms with Crippen molar-refractivity contribution in [2.45, 2.75) is 16.7 Å². The molecule has 136 valence electrons. The summed E-state index contributed by atoms with van der Waals surface area (Å²) in [6.07, 6.45) is 1.39. The van der Waals surface area contributed by atoms with Crippen LogP contribution in [0.15, 0.2) is 58.6 Å². The van der Waals surface area contributed by atoms with Crippen molar-refractivity contribution in [3.05, 3.63) is 54.4 Å². The lowest BCUT2D eigenvalue weighted by Crippen LogP contribution is -2.17. The van der Waals surface area contributed by atoms with Gasteiger partial charge in [-0.25, -0.2) is 26.7 Å². The molecule has 3 rings (SSSR count). The Labute approximate surface area is 149 Å². The maximum absolute atomic E-state index is 12.6. The third-order valence-corrected chi connectivity index (χ3v) is 5.86. The minimum Gasteiger partial charge on any atom is -0.279 e. The normalized spacial score (nSPS) is 12.1. The molecule has 0 atom stereocenters.